The molecule has 4 nitrogen and oxygen atoms in total. The number of carbonyl (C=O) groups excluding carboxylic acids is 1. The molecule has 0 bridgehead atoms. The highest BCUT2D eigenvalue weighted by Crippen LogP contribution is 2.18. The predicted octanol–water partition coefficient (Wildman–Crippen LogP) is 2.09. The minimum Gasteiger partial charge on any atom is -0.469 e. The fourth-order valence-corrected chi connectivity index (χ4v) is 2.63. The number of methoxy groups -OCH3 is 1. The predicted molar refractivity (Wildman–Crippen MR) is 82.2 cm³/mol. The zero-order chi connectivity index (χ0) is 15.2. The molecule has 0 saturated carbocycles. The van der Waals surface area contributed by atoms with Gasteiger partial charge < -0.3 is 15.0 Å². The molecule has 6 heteroatoms. The first-order chi connectivity index (χ1) is 10.1. The van der Waals surface area contributed by atoms with Crippen molar-refractivity contribution in [2.24, 2.45) is 5.92 Å². The Hall–Kier alpha value is -1.69. The summed E-state index contributed by atoms with van der Waals surface area (Å²) in [5.74, 6) is -0.405. The summed E-state index contributed by atoms with van der Waals surface area (Å²) in [5, 5.41) is 3.83. The highest BCUT2D eigenvalue weighted by molar-refractivity contribution is 7.80. The lowest BCUT2D eigenvalue weighted by Gasteiger charge is -2.32. The van der Waals surface area contributed by atoms with Crippen LogP contribution < -0.4 is 5.32 Å². The van der Waals surface area contributed by atoms with Gasteiger partial charge in [0.2, 0.25) is 0 Å². The molecular formula is C15H19FN2O2S. The number of halogens is 1. The lowest BCUT2D eigenvalue weighted by Crippen LogP contribution is -2.45. The lowest BCUT2D eigenvalue weighted by molar-refractivity contribution is -0.146. The molecule has 0 aliphatic carbocycles. The van der Waals surface area contributed by atoms with Crippen molar-refractivity contribution in [2.75, 3.05) is 20.2 Å². The van der Waals surface area contributed by atoms with E-state index in [2.05, 4.69) is 10.2 Å². The summed E-state index contributed by atoms with van der Waals surface area (Å²) in [6.45, 7) is 2.06. The van der Waals surface area contributed by atoms with Crippen LogP contribution in [0, 0.1) is 11.7 Å². The molecule has 0 unspecified atom stereocenters. The number of benzene rings is 1. The molecule has 1 aliphatic heterocycles. The van der Waals surface area contributed by atoms with Gasteiger partial charge in [0.05, 0.1) is 13.0 Å². The van der Waals surface area contributed by atoms with E-state index in [1.54, 1.807) is 12.1 Å². The fourth-order valence-electron chi connectivity index (χ4n) is 2.38. The van der Waals surface area contributed by atoms with Crippen molar-refractivity contribution in [3.05, 3.63) is 35.6 Å². The Bertz CT molecular complexity index is 499. The summed E-state index contributed by atoms with van der Waals surface area (Å²) in [6.07, 6.45) is 1.51. The number of nitrogens with one attached hydrogen (secondary N) is 1. The van der Waals surface area contributed by atoms with E-state index in [1.807, 2.05) is 0 Å². The maximum atomic E-state index is 12.8. The Morgan fingerprint density at radius 2 is 2.00 bits per heavy atom. The lowest BCUT2D eigenvalue weighted by atomic mass is 9.97. The Kier molecular flexibility index (Phi) is 5.50. The molecular weight excluding hydrogens is 291 g/mol. The van der Waals surface area contributed by atoms with Crippen LogP contribution >= 0.6 is 12.2 Å². The van der Waals surface area contributed by atoms with E-state index >= 15 is 0 Å². The van der Waals surface area contributed by atoms with E-state index in [-0.39, 0.29) is 17.7 Å². The molecule has 2 rings (SSSR count). The number of likely N-dealkylation sites (tertiary alicyclic amines) is 1. The molecule has 1 saturated heterocycles. The molecule has 1 aromatic rings. The average Bonchev–Trinajstić information content (AvgIpc) is 2.53. The molecule has 1 aromatic carbocycles. The van der Waals surface area contributed by atoms with Crippen LogP contribution in [0.2, 0.25) is 0 Å². The van der Waals surface area contributed by atoms with Gasteiger partial charge in [-0.1, -0.05) is 12.1 Å². The van der Waals surface area contributed by atoms with Crippen LogP contribution in [0.3, 0.4) is 0 Å². The monoisotopic (exact) mass is 310 g/mol. The third kappa shape index (κ3) is 4.39. The number of hydrogen-bond donors (Lipinski definition) is 1. The molecule has 114 valence electrons. The fraction of sp³-hybridized carbons (Fsp3) is 0.467. The Balaban J connectivity index is 1.77. The van der Waals surface area contributed by atoms with Crippen molar-refractivity contribution in [3.8, 4) is 0 Å². The van der Waals surface area contributed by atoms with E-state index < -0.39 is 0 Å². The summed E-state index contributed by atoms with van der Waals surface area (Å²) in [4.78, 5) is 13.5. The van der Waals surface area contributed by atoms with Gasteiger partial charge in [0, 0.05) is 19.6 Å². The van der Waals surface area contributed by atoms with Crippen LogP contribution in [-0.4, -0.2) is 36.2 Å². The smallest absolute Gasteiger partial charge is 0.308 e. The van der Waals surface area contributed by atoms with E-state index in [1.165, 1.54) is 19.2 Å². The van der Waals surface area contributed by atoms with Crippen molar-refractivity contribution in [3.63, 3.8) is 0 Å². The molecule has 1 heterocycles. The maximum Gasteiger partial charge on any atom is 0.308 e. The van der Waals surface area contributed by atoms with E-state index in [0.717, 1.165) is 31.5 Å². The second-order valence-electron chi connectivity index (χ2n) is 5.07. The Morgan fingerprint density at radius 3 is 2.57 bits per heavy atom. The molecule has 0 spiro atoms. The topological polar surface area (TPSA) is 41.6 Å². The number of esters is 1. The standard InChI is InChI=1S/C15H19FN2O2S/c1-20-14(19)12-6-8-18(9-7-12)15(21)17-10-11-2-4-13(16)5-3-11/h2-5,12H,6-10H2,1H3,(H,17,21). The SMILES string of the molecule is COC(=O)C1CCN(C(=S)NCc2ccc(F)cc2)CC1. The van der Waals surface area contributed by atoms with Gasteiger partial charge in [-0.05, 0) is 42.8 Å². The number of carbonyl (C=O) groups is 1. The van der Waals surface area contributed by atoms with Crippen molar-refractivity contribution in [1.29, 1.82) is 0 Å². The Labute approximate surface area is 129 Å². The van der Waals surface area contributed by atoms with Crippen LogP contribution in [-0.2, 0) is 16.1 Å². The minimum atomic E-state index is -0.244. The second-order valence-corrected chi connectivity index (χ2v) is 5.46. The zero-order valence-electron chi connectivity index (χ0n) is 12.0. The van der Waals surface area contributed by atoms with Crippen molar-refractivity contribution < 1.29 is 13.9 Å². The van der Waals surface area contributed by atoms with E-state index in [9.17, 15) is 9.18 Å². The highest BCUT2D eigenvalue weighted by Gasteiger charge is 2.26. The first kappa shape index (κ1) is 15.7. The van der Waals surface area contributed by atoms with E-state index in [4.69, 9.17) is 17.0 Å². The maximum absolute atomic E-state index is 12.8. The first-order valence-electron chi connectivity index (χ1n) is 6.95. The van der Waals surface area contributed by atoms with Gasteiger partial charge in [0.15, 0.2) is 5.11 Å². The summed E-state index contributed by atoms with van der Waals surface area (Å²) in [7, 11) is 1.42. The van der Waals surface area contributed by atoms with Crippen molar-refractivity contribution >= 4 is 23.3 Å². The number of hydrogen-bond acceptors (Lipinski definition) is 3. The quantitative estimate of drug-likeness (QED) is 0.684. The van der Waals surface area contributed by atoms with Gasteiger partial charge in [-0.15, -0.1) is 0 Å². The van der Waals surface area contributed by atoms with Crippen molar-refractivity contribution in [2.45, 2.75) is 19.4 Å². The molecule has 0 atom stereocenters. The first-order valence-corrected chi connectivity index (χ1v) is 7.36. The van der Waals surface area contributed by atoms with Crippen LogP contribution in [0.1, 0.15) is 18.4 Å². The second kappa shape index (κ2) is 7.36. The van der Waals surface area contributed by atoms with Gasteiger partial charge in [-0.3, -0.25) is 4.79 Å². The van der Waals surface area contributed by atoms with E-state index in [0.29, 0.717) is 11.7 Å². The molecule has 0 amide bonds. The van der Waals surface area contributed by atoms with Gasteiger partial charge in [0.1, 0.15) is 5.82 Å². The number of rotatable bonds is 3. The third-order valence-corrected chi connectivity index (χ3v) is 4.08. The molecule has 0 aromatic heterocycles. The number of piperidine rings is 1. The average molecular weight is 310 g/mol. The molecule has 1 fully saturated rings. The van der Waals surface area contributed by atoms with Gasteiger partial charge in [0.25, 0.3) is 0 Å². The number of ether oxygens (including phenoxy) is 1. The molecule has 1 aliphatic rings. The summed E-state index contributed by atoms with van der Waals surface area (Å²) in [6, 6.07) is 6.33. The summed E-state index contributed by atoms with van der Waals surface area (Å²) >= 11 is 5.36. The van der Waals surface area contributed by atoms with Crippen LogP contribution in [0.15, 0.2) is 24.3 Å². The van der Waals surface area contributed by atoms with Gasteiger partial charge in [-0.2, -0.15) is 0 Å². The molecule has 21 heavy (non-hydrogen) atoms. The largest absolute Gasteiger partial charge is 0.469 e. The molecule has 1 N–H and O–H groups in total. The molecule has 0 radical (unpaired) electrons. The van der Waals surface area contributed by atoms with Crippen LogP contribution in [0.25, 0.3) is 0 Å². The normalized spacial score (nSPS) is 15.6. The Morgan fingerprint density at radius 1 is 1.38 bits per heavy atom. The minimum absolute atomic E-state index is 0.0221. The summed E-state index contributed by atoms with van der Waals surface area (Å²) < 4.78 is 17.6. The third-order valence-electron chi connectivity index (χ3n) is 3.67. The number of nitrogens with zero attached hydrogens (tertiary/aromatic N) is 1. The summed E-state index contributed by atoms with van der Waals surface area (Å²) in [5.41, 5.74) is 0.975. The van der Waals surface area contributed by atoms with Crippen LogP contribution in [0.5, 0.6) is 0 Å². The zero-order valence-corrected chi connectivity index (χ0v) is 12.8. The van der Waals surface area contributed by atoms with Crippen molar-refractivity contribution in [1.82, 2.24) is 10.2 Å². The number of thiocarbonyl (C=S) groups is 1. The van der Waals surface area contributed by atoms with Gasteiger partial charge in [-0.25, -0.2) is 4.39 Å². The highest BCUT2D eigenvalue weighted by atomic mass is 32.1. The van der Waals surface area contributed by atoms with Gasteiger partial charge >= 0.3 is 5.97 Å². The van der Waals surface area contributed by atoms with Crippen LogP contribution in [0.4, 0.5) is 4.39 Å².